The molecule has 6 nitrogen and oxygen atoms in total. The average molecular weight is 483 g/mol. The molecule has 34 heavy (non-hydrogen) atoms. The summed E-state index contributed by atoms with van der Waals surface area (Å²) < 4.78 is 91.6. The van der Waals surface area contributed by atoms with Crippen molar-refractivity contribution in [3.8, 4) is 11.1 Å². The van der Waals surface area contributed by atoms with E-state index in [1.165, 1.54) is 24.5 Å². The van der Waals surface area contributed by atoms with E-state index >= 15 is 0 Å². The fourth-order valence-corrected chi connectivity index (χ4v) is 3.19. The van der Waals surface area contributed by atoms with Gasteiger partial charge in [-0.2, -0.15) is 26.3 Å². The molecule has 176 valence electrons. The summed E-state index contributed by atoms with van der Waals surface area (Å²) in [5, 5.41) is 4.73. The summed E-state index contributed by atoms with van der Waals surface area (Å²) >= 11 is 0. The van der Waals surface area contributed by atoms with Gasteiger partial charge in [0.05, 0.1) is 29.2 Å². The van der Waals surface area contributed by atoms with Crippen LogP contribution in [0.25, 0.3) is 22.2 Å². The van der Waals surface area contributed by atoms with E-state index in [0.717, 1.165) is 6.20 Å². The van der Waals surface area contributed by atoms with Crippen molar-refractivity contribution in [1.82, 2.24) is 15.0 Å². The molecule has 4 rings (SSSR count). The van der Waals surface area contributed by atoms with E-state index in [2.05, 4.69) is 20.3 Å². The number of carbonyl (C=O) groups excluding carboxylic acids is 1. The van der Waals surface area contributed by atoms with Crippen molar-refractivity contribution in [1.29, 1.82) is 0 Å². The quantitative estimate of drug-likeness (QED) is 0.293. The Morgan fingerprint density at radius 3 is 2.09 bits per heavy atom. The lowest BCUT2D eigenvalue weighted by molar-refractivity contribution is -0.143. The molecule has 0 atom stereocenters. The van der Waals surface area contributed by atoms with Crippen LogP contribution in [0.5, 0.6) is 0 Å². The molecule has 3 heterocycles. The number of benzene rings is 1. The second kappa shape index (κ2) is 8.32. The summed E-state index contributed by atoms with van der Waals surface area (Å²) in [6.07, 6.45) is -4.92. The number of halogens is 7. The fourth-order valence-electron chi connectivity index (χ4n) is 3.19. The van der Waals surface area contributed by atoms with E-state index in [0.29, 0.717) is 34.3 Å². The largest absolute Gasteiger partial charge is 0.416 e. The van der Waals surface area contributed by atoms with Crippen LogP contribution in [-0.2, 0) is 12.4 Å². The maximum atomic E-state index is 13.5. The van der Waals surface area contributed by atoms with Crippen LogP contribution in [0.15, 0.2) is 55.1 Å². The lowest BCUT2D eigenvalue weighted by Crippen LogP contribution is -2.21. The number of aromatic nitrogens is 3. The summed E-state index contributed by atoms with van der Waals surface area (Å²) in [4.78, 5) is 23.0. The molecule has 0 aliphatic rings. The first-order valence-electron chi connectivity index (χ1n) is 9.36. The Balaban J connectivity index is 1.60. The third-order valence-corrected chi connectivity index (χ3v) is 4.65. The molecule has 0 aliphatic heterocycles. The van der Waals surface area contributed by atoms with Crippen molar-refractivity contribution >= 4 is 28.4 Å². The van der Waals surface area contributed by atoms with Crippen LogP contribution >= 0.6 is 0 Å². The fraction of sp³-hybridized carbons (Fsp3) is 0.0952. The van der Waals surface area contributed by atoms with Crippen LogP contribution in [0, 0.1) is 5.82 Å². The molecule has 1 aromatic carbocycles. The van der Waals surface area contributed by atoms with Crippen LogP contribution in [0.3, 0.4) is 0 Å². The Morgan fingerprint density at radius 1 is 0.824 bits per heavy atom. The molecule has 13 heteroatoms. The van der Waals surface area contributed by atoms with Gasteiger partial charge in [0.25, 0.3) is 0 Å². The number of urea groups is 1. The summed E-state index contributed by atoms with van der Waals surface area (Å²) in [5.74, 6) is -0.576. The standard InChI is InChI=1S/C21H12F7N5O/c22-13-1-10(6-29-7-13)17-9-31-18-16(17)5-15(8-30-18)33-19(34)32-14-3-11(20(23,24)25)2-12(4-14)21(26,27)28/h1-9H,(H,30,31)(H2,32,33,34). The van der Waals surface area contributed by atoms with Gasteiger partial charge in [-0.3, -0.25) is 4.98 Å². The second-order valence-corrected chi connectivity index (χ2v) is 7.09. The number of nitrogens with zero attached hydrogens (tertiary/aromatic N) is 2. The summed E-state index contributed by atoms with van der Waals surface area (Å²) in [5.41, 5.74) is -2.45. The Hall–Kier alpha value is -4.16. The van der Waals surface area contributed by atoms with E-state index in [9.17, 15) is 35.5 Å². The second-order valence-electron chi connectivity index (χ2n) is 7.09. The van der Waals surface area contributed by atoms with E-state index in [-0.39, 0.29) is 11.8 Å². The zero-order valence-electron chi connectivity index (χ0n) is 16.6. The third-order valence-electron chi connectivity index (χ3n) is 4.65. The Bertz CT molecular complexity index is 1350. The number of nitrogens with one attached hydrogen (secondary N) is 3. The van der Waals surface area contributed by atoms with Crippen LogP contribution in [0.2, 0.25) is 0 Å². The highest BCUT2D eigenvalue weighted by Gasteiger charge is 2.37. The molecule has 3 N–H and O–H groups in total. The lowest BCUT2D eigenvalue weighted by Gasteiger charge is -2.15. The molecule has 0 unspecified atom stereocenters. The predicted molar refractivity (Wildman–Crippen MR) is 108 cm³/mol. The van der Waals surface area contributed by atoms with Crippen LogP contribution in [-0.4, -0.2) is 21.0 Å². The monoisotopic (exact) mass is 483 g/mol. The topological polar surface area (TPSA) is 82.7 Å². The van der Waals surface area contributed by atoms with Crippen LogP contribution in [0.4, 0.5) is 46.9 Å². The van der Waals surface area contributed by atoms with Gasteiger partial charge in [-0.25, -0.2) is 14.2 Å². The molecule has 0 saturated heterocycles. The normalized spacial score (nSPS) is 12.1. The molecule has 0 radical (unpaired) electrons. The molecule has 2 amide bonds. The van der Waals surface area contributed by atoms with E-state index < -0.39 is 41.0 Å². The molecule has 0 saturated carbocycles. The van der Waals surface area contributed by atoms with E-state index in [1.54, 1.807) is 6.20 Å². The highest BCUT2D eigenvalue weighted by atomic mass is 19.4. The van der Waals surface area contributed by atoms with Crippen molar-refractivity contribution < 1.29 is 35.5 Å². The molecular formula is C21H12F7N5O. The molecule has 0 aliphatic carbocycles. The SMILES string of the molecule is O=C(Nc1cc(C(F)(F)F)cc(C(F)(F)F)c1)Nc1cnc2[nH]cc(-c3cncc(F)c3)c2c1. The lowest BCUT2D eigenvalue weighted by atomic mass is 10.1. The molecule has 0 spiro atoms. The molecule has 3 aromatic heterocycles. The highest BCUT2D eigenvalue weighted by Crippen LogP contribution is 2.37. The number of anilines is 2. The zero-order chi connectivity index (χ0) is 24.7. The van der Waals surface area contributed by atoms with Gasteiger partial charge < -0.3 is 15.6 Å². The Morgan fingerprint density at radius 2 is 1.47 bits per heavy atom. The van der Waals surface area contributed by atoms with Gasteiger partial charge in [-0.15, -0.1) is 0 Å². The first kappa shape index (κ1) is 23.0. The number of amides is 2. The van der Waals surface area contributed by atoms with Gasteiger partial charge in [0.1, 0.15) is 11.5 Å². The third kappa shape index (κ3) is 4.92. The number of carbonyl (C=O) groups is 1. The Labute approximate surface area is 185 Å². The van der Waals surface area contributed by atoms with Gasteiger partial charge >= 0.3 is 18.4 Å². The minimum Gasteiger partial charge on any atom is -0.346 e. The number of pyridine rings is 2. The van der Waals surface area contributed by atoms with Crippen LogP contribution in [0.1, 0.15) is 11.1 Å². The van der Waals surface area contributed by atoms with Gasteiger partial charge in [-0.1, -0.05) is 0 Å². The maximum Gasteiger partial charge on any atom is 0.416 e. The smallest absolute Gasteiger partial charge is 0.346 e. The average Bonchev–Trinajstić information content (AvgIpc) is 3.15. The summed E-state index contributed by atoms with van der Waals surface area (Å²) in [7, 11) is 0. The summed E-state index contributed by atoms with van der Waals surface area (Å²) in [6.45, 7) is 0. The van der Waals surface area contributed by atoms with Gasteiger partial charge in [0, 0.05) is 34.6 Å². The van der Waals surface area contributed by atoms with Crippen LogP contribution < -0.4 is 10.6 Å². The number of hydrogen-bond acceptors (Lipinski definition) is 3. The number of hydrogen-bond donors (Lipinski definition) is 3. The number of alkyl halides is 6. The summed E-state index contributed by atoms with van der Waals surface area (Å²) in [6, 6.07) is 2.31. The number of rotatable bonds is 3. The van der Waals surface area contributed by atoms with Crippen molar-refractivity contribution in [2.75, 3.05) is 10.6 Å². The molecule has 0 fully saturated rings. The first-order chi connectivity index (χ1) is 15.9. The first-order valence-corrected chi connectivity index (χ1v) is 9.36. The highest BCUT2D eigenvalue weighted by molar-refractivity contribution is 6.02. The van der Waals surface area contributed by atoms with Gasteiger partial charge in [0.2, 0.25) is 0 Å². The zero-order valence-corrected chi connectivity index (χ0v) is 16.6. The van der Waals surface area contributed by atoms with Crippen molar-refractivity contribution in [2.24, 2.45) is 0 Å². The number of aromatic amines is 1. The van der Waals surface area contributed by atoms with E-state index in [1.807, 2.05) is 5.32 Å². The van der Waals surface area contributed by atoms with Gasteiger partial charge in [-0.05, 0) is 30.3 Å². The molecular weight excluding hydrogens is 471 g/mol. The number of H-pyrrole nitrogens is 1. The van der Waals surface area contributed by atoms with E-state index in [4.69, 9.17) is 0 Å². The Kier molecular flexibility index (Phi) is 5.63. The minimum atomic E-state index is -5.06. The molecule has 4 aromatic rings. The van der Waals surface area contributed by atoms with Crippen molar-refractivity contribution in [2.45, 2.75) is 12.4 Å². The predicted octanol–water partition coefficient (Wildman–Crippen LogP) is 6.45. The van der Waals surface area contributed by atoms with Crippen molar-refractivity contribution in [3.63, 3.8) is 0 Å². The van der Waals surface area contributed by atoms with Crippen molar-refractivity contribution in [3.05, 3.63) is 72.1 Å². The number of fused-ring (bicyclic) bond motifs is 1. The van der Waals surface area contributed by atoms with Gasteiger partial charge in [0.15, 0.2) is 0 Å². The minimum absolute atomic E-state index is 0.0460. The maximum absolute atomic E-state index is 13.5. The molecule has 0 bridgehead atoms.